The minimum Gasteiger partial charge on any atom is -0.375 e. The molecule has 0 saturated heterocycles. The first-order valence-electron chi connectivity index (χ1n) is 8.75. The molecule has 0 aliphatic heterocycles. The zero-order valence-electron chi connectivity index (χ0n) is 15.2. The van der Waals surface area contributed by atoms with Crippen LogP contribution in [0.1, 0.15) is 22.8 Å². The van der Waals surface area contributed by atoms with Crippen LogP contribution in [0.2, 0.25) is 0 Å². The molecule has 0 aliphatic rings. The van der Waals surface area contributed by atoms with Crippen molar-refractivity contribution < 1.29 is 9.53 Å². The number of hydrogen-bond donors (Lipinski definition) is 2. The number of methoxy groups -OCH3 is 1. The van der Waals surface area contributed by atoms with E-state index >= 15 is 0 Å². The van der Waals surface area contributed by atoms with Crippen LogP contribution in [-0.2, 0) is 11.3 Å². The summed E-state index contributed by atoms with van der Waals surface area (Å²) in [5, 5.41) is 8.16. The highest BCUT2D eigenvalue weighted by Crippen LogP contribution is 2.20. The van der Waals surface area contributed by atoms with Crippen molar-refractivity contribution in [1.82, 2.24) is 10.6 Å². The highest BCUT2D eigenvalue weighted by molar-refractivity contribution is 5.86. The third-order valence-corrected chi connectivity index (χ3v) is 4.59. The molecule has 2 amide bonds. The van der Waals surface area contributed by atoms with Gasteiger partial charge < -0.3 is 15.4 Å². The van der Waals surface area contributed by atoms with Crippen LogP contribution in [-0.4, -0.2) is 19.7 Å². The Morgan fingerprint density at radius 3 is 2.50 bits per heavy atom. The molecule has 2 N–H and O–H groups in total. The molecule has 0 fully saturated rings. The van der Waals surface area contributed by atoms with Gasteiger partial charge in [0.15, 0.2) is 0 Å². The van der Waals surface area contributed by atoms with Crippen molar-refractivity contribution in [3.05, 3.63) is 83.4 Å². The van der Waals surface area contributed by atoms with E-state index in [1.54, 1.807) is 7.11 Å². The van der Waals surface area contributed by atoms with Gasteiger partial charge in [0.05, 0.1) is 6.10 Å². The van der Waals surface area contributed by atoms with Crippen LogP contribution in [0, 0.1) is 6.92 Å². The molecule has 26 heavy (non-hydrogen) atoms. The summed E-state index contributed by atoms with van der Waals surface area (Å²) >= 11 is 0. The van der Waals surface area contributed by atoms with Crippen LogP contribution in [0.25, 0.3) is 10.8 Å². The van der Waals surface area contributed by atoms with E-state index in [0.29, 0.717) is 13.1 Å². The Kier molecular flexibility index (Phi) is 5.87. The molecule has 0 heterocycles. The van der Waals surface area contributed by atoms with Crippen molar-refractivity contribution in [3.63, 3.8) is 0 Å². The van der Waals surface area contributed by atoms with Gasteiger partial charge in [-0.3, -0.25) is 0 Å². The zero-order valence-corrected chi connectivity index (χ0v) is 15.2. The first-order valence-corrected chi connectivity index (χ1v) is 8.75. The van der Waals surface area contributed by atoms with Gasteiger partial charge in [-0.1, -0.05) is 66.7 Å². The van der Waals surface area contributed by atoms with Gasteiger partial charge in [0, 0.05) is 20.2 Å². The van der Waals surface area contributed by atoms with Gasteiger partial charge in [-0.25, -0.2) is 4.79 Å². The normalized spacial score (nSPS) is 11.9. The maximum Gasteiger partial charge on any atom is 0.315 e. The van der Waals surface area contributed by atoms with Crippen molar-refractivity contribution in [1.29, 1.82) is 0 Å². The van der Waals surface area contributed by atoms with E-state index in [1.165, 1.54) is 5.39 Å². The van der Waals surface area contributed by atoms with Crippen molar-refractivity contribution >= 4 is 16.8 Å². The Hall–Kier alpha value is -2.85. The number of fused-ring (bicyclic) bond motifs is 1. The zero-order chi connectivity index (χ0) is 18.4. The van der Waals surface area contributed by atoms with Gasteiger partial charge in [-0.15, -0.1) is 0 Å². The molecule has 3 rings (SSSR count). The summed E-state index contributed by atoms with van der Waals surface area (Å²) in [4.78, 5) is 12.2. The van der Waals surface area contributed by atoms with E-state index in [0.717, 1.165) is 22.1 Å². The first-order chi connectivity index (χ1) is 12.7. The largest absolute Gasteiger partial charge is 0.375 e. The maximum atomic E-state index is 12.2. The fourth-order valence-corrected chi connectivity index (χ4v) is 3.14. The molecule has 134 valence electrons. The lowest BCUT2D eigenvalue weighted by atomic mass is 10.0. The minimum absolute atomic E-state index is 0.167. The smallest absolute Gasteiger partial charge is 0.315 e. The van der Waals surface area contributed by atoms with Gasteiger partial charge in [0.1, 0.15) is 0 Å². The number of nitrogens with one attached hydrogen (secondary N) is 2. The first kappa shape index (κ1) is 18.0. The minimum atomic E-state index is -0.200. The topological polar surface area (TPSA) is 50.4 Å². The molecule has 0 saturated carbocycles. The number of amides is 2. The second kappa shape index (κ2) is 8.50. The molecule has 0 spiro atoms. The third kappa shape index (κ3) is 4.21. The second-order valence-electron chi connectivity index (χ2n) is 6.28. The van der Waals surface area contributed by atoms with Gasteiger partial charge in [-0.05, 0) is 34.4 Å². The average Bonchev–Trinajstić information content (AvgIpc) is 2.68. The van der Waals surface area contributed by atoms with Gasteiger partial charge in [0.25, 0.3) is 0 Å². The molecule has 0 aromatic heterocycles. The molecule has 1 atom stereocenters. The van der Waals surface area contributed by atoms with Crippen LogP contribution < -0.4 is 10.6 Å². The monoisotopic (exact) mass is 348 g/mol. The molecule has 4 nitrogen and oxygen atoms in total. The summed E-state index contributed by atoms with van der Waals surface area (Å²) < 4.78 is 5.55. The Balaban J connectivity index is 1.58. The molecule has 0 bridgehead atoms. The van der Waals surface area contributed by atoms with Crippen LogP contribution in [0.4, 0.5) is 4.79 Å². The van der Waals surface area contributed by atoms with Crippen LogP contribution in [0.5, 0.6) is 0 Å². The van der Waals surface area contributed by atoms with Crippen molar-refractivity contribution in [2.24, 2.45) is 0 Å². The summed E-state index contributed by atoms with van der Waals surface area (Å²) in [5.41, 5.74) is 3.34. The van der Waals surface area contributed by atoms with Gasteiger partial charge >= 0.3 is 6.03 Å². The molecule has 4 heteroatoms. The average molecular weight is 348 g/mol. The fourth-order valence-electron chi connectivity index (χ4n) is 3.14. The number of aryl methyl sites for hydroxylation is 1. The Morgan fingerprint density at radius 2 is 1.69 bits per heavy atom. The summed E-state index contributed by atoms with van der Waals surface area (Å²) in [5.74, 6) is 0. The van der Waals surface area contributed by atoms with Crippen molar-refractivity contribution in [2.75, 3.05) is 13.7 Å². The Bertz CT molecular complexity index is 887. The number of benzene rings is 3. The number of hydrogen-bond acceptors (Lipinski definition) is 2. The molecule has 3 aromatic carbocycles. The highest BCUT2D eigenvalue weighted by atomic mass is 16.5. The molecule has 0 radical (unpaired) electrons. The molecular weight excluding hydrogens is 324 g/mol. The molecular formula is C22H24N2O2. The number of urea groups is 1. The lowest BCUT2D eigenvalue weighted by Gasteiger charge is -2.19. The lowest BCUT2D eigenvalue weighted by molar-refractivity contribution is 0.103. The Labute approximate surface area is 154 Å². The van der Waals surface area contributed by atoms with E-state index in [-0.39, 0.29) is 12.1 Å². The predicted octanol–water partition coefficient (Wildman–Crippen LogP) is 4.34. The van der Waals surface area contributed by atoms with E-state index in [2.05, 4.69) is 28.8 Å². The summed E-state index contributed by atoms with van der Waals surface area (Å²) in [6.45, 7) is 2.94. The van der Waals surface area contributed by atoms with Gasteiger partial charge in [-0.2, -0.15) is 0 Å². The second-order valence-corrected chi connectivity index (χ2v) is 6.28. The van der Waals surface area contributed by atoms with Crippen molar-refractivity contribution in [3.8, 4) is 0 Å². The SMILES string of the molecule is COC(CNC(=O)NCc1cccc2ccccc12)c1ccccc1C. The fraction of sp³-hybridized carbons (Fsp3) is 0.227. The third-order valence-electron chi connectivity index (χ3n) is 4.59. The van der Waals surface area contributed by atoms with E-state index in [1.807, 2.05) is 55.5 Å². The molecule has 3 aromatic rings. The van der Waals surface area contributed by atoms with Crippen LogP contribution >= 0.6 is 0 Å². The number of carbonyl (C=O) groups excluding carboxylic acids is 1. The standard InChI is InChI=1S/C22H24N2O2/c1-16-8-3-5-12-19(16)21(26-2)15-24-22(25)23-14-18-11-7-10-17-9-4-6-13-20(17)18/h3-13,21H,14-15H2,1-2H3,(H2,23,24,25). The van der Waals surface area contributed by atoms with E-state index < -0.39 is 0 Å². The number of rotatable bonds is 6. The van der Waals surface area contributed by atoms with Crippen LogP contribution in [0.15, 0.2) is 66.7 Å². The van der Waals surface area contributed by atoms with E-state index in [4.69, 9.17) is 4.74 Å². The summed E-state index contributed by atoms with van der Waals surface area (Å²) in [6, 6.07) is 22.1. The molecule has 1 unspecified atom stereocenters. The predicted molar refractivity (Wildman–Crippen MR) is 105 cm³/mol. The highest BCUT2D eigenvalue weighted by Gasteiger charge is 2.14. The maximum absolute atomic E-state index is 12.2. The Morgan fingerprint density at radius 1 is 0.962 bits per heavy atom. The van der Waals surface area contributed by atoms with E-state index in [9.17, 15) is 4.79 Å². The number of carbonyl (C=O) groups is 1. The van der Waals surface area contributed by atoms with Crippen molar-refractivity contribution in [2.45, 2.75) is 19.6 Å². The van der Waals surface area contributed by atoms with Crippen LogP contribution in [0.3, 0.4) is 0 Å². The summed E-state index contributed by atoms with van der Waals surface area (Å²) in [7, 11) is 1.66. The molecule has 0 aliphatic carbocycles. The lowest BCUT2D eigenvalue weighted by Crippen LogP contribution is -2.37. The van der Waals surface area contributed by atoms with Gasteiger partial charge in [0.2, 0.25) is 0 Å². The summed E-state index contributed by atoms with van der Waals surface area (Å²) in [6.07, 6.45) is -0.167. The quantitative estimate of drug-likeness (QED) is 0.696. The number of ether oxygens (including phenoxy) is 1.